The van der Waals surface area contributed by atoms with E-state index in [1.54, 1.807) is 81.6 Å². The van der Waals surface area contributed by atoms with Crippen molar-refractivity contribution in [1.29, 1.82) is 0 Å². The number of carbonyl (C=O) groups excluding carboxylic acids is 4. The third kappa shape index (κ3) is 10.5. The molecule has 0 bridgehead atoms. The van der Waals surface area contributed by atoms with Crippen molar-refractivity contribution < 1.29 is 41.8 Å². The molecule has 4 amide bonds. The van der Waals surface area contributed by atoms with Gasteiger partial charge in [0.15, 0.2) is 0 Å². The number of rotatable bonds is 12. The van der Waals surface area contributed by atoms with Crippen molar-refractivity contribution in [3.05, 3.63) is 67.3 Å². The number of nitrogens with one attached hydrogen (secondary N) is 3. The lowest BCUT2D eigenvalue weighted by atomic mass is 9.85. The number of methoxy groups -OCH3 is 1. The summed E-state index contributed by atoms with van der Waals surface area (Å²) < 4.78 is 45.9. The Kier molecular flexibility index (Phi) is 12.3. The van der Waals surface area contributed by atoms with Gasteiger partial charge in [0.2, 0.25) is 21.8 Å². The van der Waals surface area contributed by atoms with Gasteiger partial charge in [-0.15, -0.1) is 6.58 Å². The Morgan fingerprint density at radius 1 is 1.00 bits per heavy atom. The number of benzene rings is 2. The van der Waals surface area contributed by atoms with E-state index in [2.05, 4.69) is 21.9 Å². The average Bonchev–Trinajstić information content (AvgIpc) is 3.66. The molecule has 5 atom stereocenters. The van der Waals surface area contributed by atoms with E-state index in [0.29, 0.717) is 28.1 Å². The zero-order valence-electron chi connectivity index (χ0n) is 35.1. The fourth-order valence-electron chi connectivity index (χ4n) is 7.13. The quantitative estimate of drug-likeness (QED) is 0.190. The molecule has 1 aliphatic heterocycles. The molecule has 2 heterocycles. The van der Waals surface area contributed by atoms with Gasteiger partial charge in [-0.2, -0.15) is 0 Å². The van der Waals surface area contributed by atoms with Crippen LogP contribution < -0.4 is 24.8 Å². The van der Waals surface area contributed by atoms with Crippen molar-refractivity contribution in [2.75, 3.05) is 19.4 Å². The Balaban J connectivity index is 1.52. The number of hydrogen-bond donors (Lipinski definition) is 3. The normalized spacial score (nSPS) is 21.4. The van der Waals surface area contributed by atoms with Crippen molar-refractivity contribution in [1.82, 2.24) is 25.2 Å². The lowest BCUT2D eigenvalue weighted by Gasteiger charge is -2.36. The summed E-state index contributed by atoms with van der Waals surface area (Å²) in [6, 6.07) is 14.4. The highest BCUT2D eigenvalue weighted by Gasteiger charge is 2.61. The first kappa shape index (κ1) is 43.9. The van der Waals surface area contributed by atoms with Gasteiger partial charge in [0.25, 0.3) is 5.91 Å². The van der Waals surface area contributed by atoms with E-state index in [9.17, 15) is 27.6 Å². The maximum absolute atomic E-state index is 14.7. The topological polar surface area (TPSA) is 182 Å². The largest absolute Gasteiger partial charge is 0.497 e. The summed E-state index contributed by atoms with van der Waals surface area (Å²) in [4.78, 5) is 62.3. The molecule has 2 aromatic carbocycles. The minimum Gasteiger partial charge on any atom is -0.497 e. The first-order valence-corrected chi connectivity index (χ1v) is 21.0. The molecule has 14 nitrogen and oxygen atoms in total. The van der Waals surface area contributed by atoms with Gasteiger partial charge >= 0.3 is 6.09 Å². The predicted octanol–water partition coefficient (Wildman–Crippen LogP) is 5.75. The van der Waals surface area contributed by atoms with Crippen molar-refractivity contribution >= 4 is 44.7 Å². The van der Waals surface area contributed by atoms with Gasteiger partial charge in [-0.05, 0) is 50.2 Å². The van der Waals surface area contributed by atoms with Crippen LogP contribution in [0.1, 0.15) is 75.2 Å². The molecule has 3 N–H and O–H groups in total. The van der Waals surface area contributed by atoms with E-state index in [0.717, 1.165) is 5.56 Å². The molecule has 2 fully saturated rings. The summed E-state index contributed by atoms with van der Waals surface area (Å²) in [6.45, 7) is 19.4. The molecule has 3 aromatic rings. The highest BCUT2D eigenvalue weighted by atomic mass is 32.2. The Hall–Kier alpha value is -5.18. The maximum atomic E-state index is 14.7. The Labute approximate surface area is 341 Å². The summed E-state index contributed by atoms with van der Waals surface area (Å²) >= 11 is 0. The van der Waals surface area contributed by atoms with Gasteiger partial charge < -0.3 is 29.7 Å². The molecule has 0 radical (unpaired) electrons. The molecule has 2 aliphatic rings. The van der Waals surface area contributed by atoms with Crippen LogP contribution in [0.15, 0.2) is 67.3 Å². The van der Waals surface area contributed by atoms with Crippen LogP contribution in [0.3, 0.4) is 0 Å². The first-order chi connectivity index (χ1) is 26.8. The van der Waals surface area contributed by atoms with Crippen LogP contribution >= 0.6 is 0 Å². The summed E-state index contributed by atoms with van der Waals surface area (Å²) in [6.07, 6.45) is 0.0531. The number of carbonyl (C=O) groups is 4. The average molecular weight is 820 g/mol. The lowest BCUT2D eigenvalue weighted by Crippen LogP contribution is -2.60. The first-order valence-electron chi connectivity index (χ1n) is 19.3. The summed E-state index contributed by atoms with van der Waals surface area (Å²) in [5.74, 6) is -1.97. The molecule has 314 valence electrons. The number of amides is 4. The molecule has 15 heteroatoms. The smallest absolute Gasteiger partial charge is 0.408 e. The Morgan fingerprint density at radius 3 is 2.24 bits per heavy atom. The van der Waals surface area contributed by atoms with Crippen LogP contribution in [0.5, 0.6) is 11.5 Å². The monoisotopic (exact) mass is 819 g/mol. The minimum absolute atomic E-state index is 0.000290. The van der Waals surface area contributed by atoms with E-state index in [-0.39, 0.29) is 25.1 Å². The van der Waals surface area contributed by atoms with Crippen LogP contribution in [0.4, 0.5) is 4.79 Å². The molecule has 1 aromatic heterocycles. The van der Waals surface area contributed by atoms with Gasteiger partial charge in [0.1, 0.15) is 40.8 Å². The fraction of sp³-hybridized carbons (Fsp3) is 0.512. The number of aromatic nitrogens is 1. The van der Waals surface area contributed by atoms with Crippen LogP contribution in [0.25, 0.3) is 22.2 Å². The maximum Gasteiger partial charge on any atom is 0.408 e. The number of sulfonamides is 1. The molecule has 1 saturated carbocycles. The lowest BCUT2D eigenvalue weighted by molar-refractivity contribution is -0.143. The van der Waals surface area contributed by atoms with Gasteiger partial charge in [-0.3, -0.25) is 19.1 Å². The van der Waals surface area contributed by atoms with Crippen LogP contribution in [-0.4, -0.2) is 90.9 Å². The molecule has 58 heavy (non-hydrogen) atoms. The Bertz CT molecular complexity index is 2170. The van der Waals surface area contributed by atoms with Crippen LogP contribution in [0, 0.1) is 16.7 Å². The SMILES string of the molecule is C=CC1CC1(NC(=O)C1CC(Oc2cc(-c3ccccc3)nc3cc(OC)ccc23)CN1C(=O)C(NC(=O)OC(C)(C)C)C(C)(C)C)C(=O)NS(=O)(=O)CC(C)(C)C. The summed E-state index contributed by atoms with van der Waals surface area (Å²) in [7, 11) is -2.50. The fourth-order valence-corrected chi connectivity index (χ4v) is 8.80. The third-order valence-electron chi connectivity index (χ3n) is 9.89. The second-order valence-corrected chi connectivity index (χ2v) is 20.2. The molecular weight excluding hydrogens is 763 g/mol. The third-order valence-corrected chi connectivity index (χ3v) is 11.6. The summed E-state index contributed by atoms with van der Waals surface area (Å²) in [5.41, 5.74) is -1.87. The van der Waals surface area contributed by atoms with Crippen molar-refractivity contribution in [2.24, 2.45) is 16.7 Å². The molecule has 1 aliphatic carbocycles. The number of likely N-dealkylation sites (tertiary alicyclic amines) is 1. The predicted molar refractivity (Wildman–Crippen MR) is 221 cm³/mol. The van der Waals surface area contributed by atoms with E-state index >= 15 is 0 Å². The number of alkyl carbamates (subject to hydrolysis) is 1. The van der Waals surface area contributed by atoms with Crippen LogP contribution in [-0.2, 0) is 29.1 Å². The van der Waals surface area contributed by atoms with E-state index in [1.165, 1.54) is 11.0 Å². The highest BCUT2D eigenvalue weighted by Crippen LogP contribution is 2.45. The molecule has 0 spiro atoms. The minimum atomic E-state index is -4.07. The van der Waals surface area contributed by atoms with E-state index in [4.69, 9.17) is 19.2 Å². The van der Waals surface area contributed by atoms with Crippen LogP contribution in [0.2, 0.25) is 0 Å². The number of pyridine rings is 1. The second-order valence-electron chi connectivity index (χ2n) is 18.4. The summed E-state index contributed by atoms with van der Waals surface area (Å²) in [5, 5.41) is 6.21. The Morgan fingerprint density at radius 2 is 1.67 bits per heavy atom. The molecule has 5 rings (SSSR count). The molecule has 5 unspecified atom stereocenters. The van der Waals surface area contributed by atoms with E-state index < -0.39 is 79.9 Å². The highest BCUT2D eigenvalue weighted by molar-refractivity contribution is 7.90. The van der Waals surface area contributed by atoms with E-state index in [1.807, 2.05) is 42.5 Å². The molecule has 1 saturated heterocycles. The van der Waals surface area contributed by atoms with Gasteiger partial charge in [-0.1, -0.05) is 78.0 Å². The second kappa shape index (κ2) is 16.2. The van der Waals surface area contributed by atoms with Gasteiger partial charge in [-0.25, -0.2) is 18.2 Å². The number of ether oxygens (including phenoxy) is 3. The zero-order valence-corrected chi connectivity index (χ0v) is 35.9. The standard InChI is InChI=1S/C43H57N5O9S/c1-12-27-23-43(27,38(51)47-58(53,54)25-40(2,3)4)46-36(49)33-21-29(24-48(33)37(50)35(41(5,6)7)45-39(52)57-42(8,9)10)56-34-22-31(26-16-14-13-15-17-26)44-32-20-28(55-11)18-19-30(32)34/h12-20,22,27,29,33,35H,1,21,23-25H2,2-11H3,(H,45,52)(H,46,49)(H,47,51). The number of fused-ring (bicyclic) bond motifs is 1. The number of nitrogens with zero attached hydrogens (tertiary/aromatic N) is 2. The molecular formula is C43H57N5O9S. The van der Waals surface area contributed by atoms with Gasteiger partial charge in [0.05, 0.1) is 30.6 Å². The number of hydrogen-bond acceptors (Lipinski definition) is 10. The van der Waals surface area contributed by atoms with Crippen molar-refractivity contribution in [3.8, 4) is 22.8 Å². The zero-order chi connectivity index (χ0) is 43.0. The van der Waals surface area contributed by atoms with Crippen molar-refractivity contribution in [2.45, 2.75) is 104 Å². The van der Waals surface area contributed by atoms with Crippen molar-refractivity contribution in [3.63, 3.8) is 0 Å². The van der Waals surface area contributed by atoms with Gasteiger partial charge in [0, 0.05) is 35.4 Å².